The fourth-order valence-electron chi connectivity index (χ4n) is 2.08. The lowest BCUT2D eigenvalue weighted by Gasteiger charge is -1.99. The van der Waals surface area contributed by atoms with Gasteiger partial charge in [0, 0.05) is 5.75 Å². The van der Waals surface area contributed by atoms with Gasteiger partial charge in [-0.25, -0.2) is 0 Å². The molecule has 0 aliphatic rings. The third kappa shape index (κ3) is 3.98. The van der Waals surface area contributed by atoms with Crippen LogP contribution in [0.1, 0.15) is 28.1 Å². The molecule has 4 heteroatoms. The van der Waals surface area contributed by atoms with E-state index in [1.54, 1.807) is 11.8 Å². The number of hydrogen-bond donors (Lipinski definition) is 0. The first-order valence-electron chi connectivity index (χ1n) is 7.25. The summed E-state index contributed by atoms with van der Waals surface area (Å²) in [6, 6.07) is 16.9. The normalized spacial score (nSPS) is 10.8. The van der Waals surface area contributed by atoms with E-state index in [2.05, 4.69) is 72.6 Å². The van der Waals surface area contributed by atoms with Gasteiger partial charge in [0.2, 0.25) is 5.89 Å². The highest BCUT2D eigenvalue weighted by atomic mass is 32.2. The standard InChI is InChI=1S/C18H18N2OS/c1-13-3-7-15(8-4-13)11-17-19-20-18(21-17)22-12-16-9-5-14(2)6-10-16/h3-10H,11-12H2,1-2H3. The zero-order valence-electron chi connectivity index (χ0n) is 12.7. The minimum Gasteiger partial charge on any atom is -0.416 e. The summed E-state index contributed by atoms with van der Waals surface area (Å²) in [4.78, 5) is 0. The Balaban J connectivity index is 1.59. The molecule has 0 amide bonds. The van der Waals surface area contributed by atoms with Crippen molar-refractivity contribution in [1.29, 1.82) is 0 Å². The van der Waals surface area contributed by atoms with Gasteiger partial charge in [-0.3, -0.25) is 0 Å². The van der Waals surface area contributed by atoms with Gasteiger partial charge in [0.05, 0.1) is 6.42 Å². The van der Waals surface area contributed by atoms with E-state index >= 15 is 0 Å². The third-order valence-electron chi connectivity index (χ3n) is 3.41. The average molecular weight is 310 g/mol. The number of thioether (sulfide) groups is 1. The maximum atomic E-state index is 5.70. The van der Waals surface area contributed by atoms with Crippen molar-refractivity contribution >= 4 is 11.8 Å². The minimum atomic E-state index is 0.627. The monoisotopic (exact) mass is 310 g/mol. The molecule has 0 saturated heterocycles. The summed E-state index contributed by atoms with van der Waals surface area (Å²) in [6.45, 7) is 4.17. The molecule has 0 fully saturated rings. The summed E-state index contributed by atoms with van der Waals surface area (Å²) in [5.41, 5.74) is 4.97. The molecule has 3 rings (SSSR count). The molecule has 0 aliphatic carbocycles. The largest absolute Gasteiger partial charge is 0.416 e. The first-order chi connectivity index (χ1) is 10.7. The lowest BCUT2D eigenvalue weighted by molar-refractivity contribution is 0.420. The Labute approximate surface area is 134 Å². The van der Waals surface area contributed by atoms with E-state index in [-0.39, 0.29) is 0 Å². The summed E-state index contributed by atoms with van der Waals surface area (Å²) >= 11 is 1.57. The van der Waals surface area contributed by atoms with Crippen LogP contribution in [0.4, 0.5) is 0 Å². The number of aromatic nitrogens is 2. The van der Waals surface area contributed by atoms with Gasteiger partial charge in [0.15, 0.2) is 0 Å². The van der Waals surface area contributed by atoms with Crippen LogP contribution >= 0.6 is 11.8 Å². The lowest BCUT2D eigenvalue weighted by atomic mass is 10.1. The van der Waals surface area contributed by atoms with Crippen molar-refractivity contribution in [2.45, 2.75) is 31.2 Å². The fourth-order valence-corrected chi connectivity index (χ4v) is 2.81. The number of aryl methyl sites for hydroxylation is 2. The van der Waals surface area contributed by atoms with Crippen molar-refractivity contribution in [2.24, 2.45) is 0 Å². The van der Waals surface area contributed by atoms with Crippen LogP contribution in [0.5, 0.6) is 0 Å². The molecule has 0 aliphatic heterocycles. The summed E-state index contributed by atoms with van der Waals surface area (Å²) in [5.74, 6) is 1.50. The third-order valence-corrected chi connectivity index (χ3v) is 4.30. The topological polar surface area (TPSA) is 38.9 Å². The van der Waals surface area contributed by atoms with Crippen LogP contribution < -0.4 is 0 Å². The van der Waals surface area contributed by atoms with Gasteiger partial charge in [0.25, 0.3) is 5.22 Å². The molecule has 0 atom stereocenters. The van der Waals surface area contributed by atoms with Gasteiger partial charge in [-0.05, 0) is 25.0 Å². The molecule has 112 valence electrons. The molecule has 0 spiro atoms. The molecule has 3 aromatic rings. The molecular formula is C18H18N2OS. The van der Waals surface area contributed by atoms with Gasteiger partial charge in [0.1, 0.15) is 0 Å². The predicted molar refractivity (Wildman–Crippen MR) is 89.0 cm³/mol. The van der Waals surface area contributed by atoms with Crippen molar-refractivity contribution in [3.05, 3.63) is 76.7 Å². The lowest BCUT2D eigenvalue weighted by Crippen LogP contribution is -1.88. The van der Waals surface area contributed by atoms with Crippen molar-refractivity contribution in [3.8, 4) is 0 Å². The Morgan fingerprint density at radius 2 is 1.41 bits per heavy atom. The highest BCUT2D eigenvalue weighted by Crippen LogP contribution is 2.22. The van der Waals surface area contributed by atoms with Crippen LogP contribution in [-0.4, -0.2) is 10.2 Å². The van der Waals surface area contributed by atoms with Gasteiger partial charge >= 0.3 is 0 Å². The second kappa shape index (κ2) is 6.79. The SMILES string of the molecule is Cc1ccc(CSc2nnc(Cc3ccc(C)cc3)o2)cc1. The molecule has 0 N–H and O–H groups in total. The highest BCUT2D eigenvalue weighted by Gasteiger charge is 2.08. The minimum absolute atomic E-state index is 0.627. The summed E-state index contributed by atoms with van der Waals surface area (Å²) in [5, 5.41) is 8.86. The maximum absolute atomic E-state index is 5.70. The number of rotatable bonds is 5. The molecule has 3 nitrogen and oxygen atoms in total. The Morgan fingerprint density at radius 1 is 0.818 bits per heavy atom. The van der Waals surface area contributed by atoms with Crippen LogP contribution in [-0.2, 0) is 12.2 Å². The van der Waals surface area contributed by atoms with E-state index in [0.29, 0.717) is 17.5 Å². The summed E-state index contributed by atoms with van der Waals surface area (Å²) in [6.07, 6.45) is 0.679. The van der Waals surface area contributed by atoms with E-state index in [4.69, 9.17) is 4.42 Å². The molecule has 22 heavy (non-hydrogen) atoms. The molecule has 0 radical (unpaired) electrons. The van der Waals surface area contributed by atoms with Crippen LogP contribution in [0.3, 0.4) is 0 Å². The van der Waals surface area contributed by atoms with Crippen molar-refractivity contribution < 1.29 is 4.42 Å². The van der Waals surface area contributed by atoms with Crippen LogP contribution in [0.2, 0.25) is 0 Å². The average Bonchev–Trinajstić information content (AvgIpc) is 2.97. The van der Waals surface area contributed by atoms with E-state index in [1.165, 1.54) is 22.3 Å². The summed E-state index contributed by atoms with van der Waals surface area (Å²) in [7, 11) is 0. The molecule has 0 saturated carbocycles. The molecule has 1 aromatic heterocycles. The van der Waals surface area contributed by atoms with Crippen LogP contribution in [0.15, 0.2) is 58.2 Å². The van der Waals surface area contributed by atoms with Gasteiger partial charge in [-0.1, -0.05) is 71.4 Å². The van der Waals surface area contributed by atoms with E-state index in [0.717, 1.165) is 5.75 Å². The zero-order chi connectivity index (χ0) is 15.4. The van der Waals surface area contributed by atoms with E-state index in [9.17, 15) is 0 Å². The van der Waals surface area contributed by atoms with Crippen molar-refractivity contribution in [3.63, 3.8) is 0 Å². The number of hydrogen-bond acceptors (Lipinski definition) is 4. The maximum Gasteiger partial charge on any atom is 0.276 e. The van der Waals surface area contributed by atoms with Gasteiger partial charge in [-0.15, -0.1) is 10.2 Å². The van der Waals surface area contributed by atoms with E-state index in [1.807, 2.05) is 0 Å². The Bertz CT molecular complexity index is 733. The molecule has 1 heterocycles. The Morgan fingerprint density at radius 3 is 2.05 bits per heavy atom. The number of nitrogens with zero attached hydrogens (tertiary/aromatic N) is 2. The van der Waals surface area contributed by atoms with E-state index < -0.39 is 0 Å². The van der Waals surface area contributed by atoms with Gasteiger partial charge in [-0.2, -0.15) is 0 Å². The second-order valence-corrected chi connectivity index (χ2v) is 6.32. The molecule has 2 aromatic carbocycles. The smallest absolute Gasteiger partial charge is 0.276 e. The zero-order valence-corrected chi connectivity index (χ0v) is 13.6. The Kier molecular flexibility index (Phi) is 4.59. The molecule has 0 bridgehead atoms. The fraction of sp³-hybridized carbons (Fsp3) is 0.222. The van der Waals surface area contributed by atoms with Crippen molar-refractivity contribution in [1.82, 2.24) is 10.2 Å². The molecule has 0 unspecified atom stereocenters. The van der Waals surface area contributed by atoms with Gasteiger partial charge < -0.3 is 4.42 Å². The van der Waals surface area contributed by atoms with Crippen LogP contribution in [0.25, 0.3) is 0 Å². The van der Waals surface area contributed by atoms with Crippen molar-refractivity contribution in [2.75, 3.05) is 0 Å². The first-order valence-corrected chi connectivity index (χ1v) is 8.24. The predicted octanol–water partition coefficient (Wildman–Crippen LogP) is 4.57. The molecular weight excluding hydrogens is 292 g/mol. The highest BCUT2D eigenvalue weighted by molar-refractivity contribution is 7.98. The second-order valence-electron chi connectivity index (χ2n) is 5.40. The quantitative estimate of drug-likeness (QED) is 0.647. The van der Waals surface area contributed by atoms with Crippen LogP contribution in [0, 0.1) is 13.8 Å². The first kappa shape index (κ1) is 14.9. The number of benzene rings is 2. The Hall–Kier alpha value is -2.07. The summed E-state index contributed by atoms with van der Waals surface area (Å²) < 4.78 is 5.70.